The first-order chi connectivity index (χ1) is 4.20. The molecule has 1 nitrogen and oxygen atoms in total. The molecule has 0 aliphatic heterocycles. The smallest absolute Gasteiger partial charge is 0.113 e. The molecule has 0 saturated heterocycles. The van der Waals surface area contributed by atoms with Crippen molar-refractivity contribution < 1.29 is 0 Å². The number of nitrogen functional groups attached to an aromatic ring is 1. The van der Waals surface area contributed by atoms with Crippen molar-refractivity contribution in [2.24, 2.45) is 0 Å². The molecule has 1 rings (SSSR count). The minimum Gasteiger partial charge on any atom is -0.398 e. The molecule has 0 heterocycles. The first kappa shape index (κ1) is 6.93. The third-order valence-corrected chi connectivity index (χ3v) is 1.96. The first-order valence-electron chi connectivity index (χ1n) is 2.50. The summed E-state index contributed by atoms with van der Waals surface area (Å²) in [6.45, 7) is 0. The van der Waals surface area contributed by atoms with Gasteiger partial charge in [0.1, 0.15) is 7.85 Å². The monoisotopic (exact) mass is 229 g/mol. The normalized spacial score (nSPS) is 9.44. The van der Waals surface area contributed by atoms with Crippen LogP contribution in [0.1, 0.15) is 0 Å². The van der Waals surface area contributed by atoms with E-state index in [4.69, 9.17) is 13.6 Å². The fourth-order valence-electron chi connectivity index (χ4n) is 0.543. The topological polar surface area (TPSA) is 26.0 Å². The van der Waals surface area contributed by atoms with E-state index < -0.39 is 0 Å². The maximum atomic E-state index is 5.53. The first-order valence-corrected chi connectivity index (χ1v) is 3.58. The highest BCUT2D eigenvalue weighted by molar-refractivity contribution is 14.1. The summed E-state index contributed by atoms with van der Waals surface area (Å²) in [7, 11) is 5.47. The van der Waals surface area contributed by atoms with E-state index in [1.807, 2.05) is 6.07 Å². The molecule has 0 aliphatic rings. The molecule has 2 radical (unpaired) electrons. The highest BCUT2D eigenvalue weighted by Gasteiger charge is 1.91. The van der Waals surface area contributed by atoms with Gasteiger partial charge in [-0.25, -0.2) is 0 Å². The summed E-state index contributed by atoms with van der Waals surface area (Å²) in [5.74, 6) is 0. The Balaban J connectivity index is 3.17. The number of anilines is 1. The van der Waals surface area contributed by atoms with Crippen LogP contribution in [0.4, 0.5) is 5.69 Å². The average Bonchev–Trinajstić information content (AvgIpc) is 1.80. The zero-order valence-electron chi connectivity index (χ0n) is 4.76. The number of benzene rings is 1. The van der Waals surface area contributed by atoms with Crippen molar-refractivity contribution in [3.63, 3.8) is 0 Å². The molecule has 0 bridgehead atoms. The molecule has 3 heteroatoms. The molecule has 0 fully saturated rings. The second-order valence-corrected chi connectivity index (χ2v) is 2.94. The van der Waals surface area contributed by atoms with Crippen LogP contribution in [0.3, 0.4) is 0 Å². The molecular weight excluding hydrogens is 224 g/mol. The molecule has 2 N–H and O–H groups in total. The van der Waals surface area contributed by atoms with Crippen molar-refractivity contribution in [2.75, 3.05) is 5.73 Å². The van der Waals surface area contributed by atoms with E-state index in [9.17, 15) is 0 Å². The molecule has 1 aromatic rings. The summed E-state index contributed by atoms with van der Waals surface area (Å²) >= 11 is 2.14. The van der Waals surface area contributed by atoms with Gasteiger partial charge in [-0.3, -0.25) is 0 Å². The number of halogens is 1. The van der Waals surface area contributed by atoms with Crippen LogP contribution in [0.2, 0.25) is 0 Å². The van der Waals surface area contributed by atoms with Crippen molar-refractivity contribution >= 4 is 41.6 Å². The Kier molecular flexibility index (Phi) is 2.00. The summed E-state index contributed by atoms with van der Waals surface area (Å²) in [5, 5.41) is 0. The lowest BCUT2D eigenvalue weighted by Crippen LogP contribution is -2.03. The Morgan fingerprint density at radius 3 is 2.56 bits per heavy atom. The molecule has 0 unspecified atom stereocenters. The quantitative estimate of drug-likeness (QED) is 0.394. The van der Waals surface area contributed by atoms with Crippen molar-refractivity contribution in [1.29, 1.82) is 0 Å². The summed E-state index contributed by atoms with van der Waals surface area (Å²) in [6.07, 6.45) is 0. The number of hydrogen-bond acceptors (Lipinski definition) is 1. The van der Waals surface area contributed by atoms with Crippen molar-refractivity contribution in [3.05, 3.63) is 21.8 Å². The van der Waals surface area contributed by atoms with E-state index in [1.165, 1.54) is 0 Å². The van der Waals surface area contributed by atoms with Crippen LogP contribution in [0, 0.1) is 3.57 Å². The second kappa shape index (κ2) is 2.60. The van der Waals surface area contributed by atoms with Crippen molar-refractivity contribution in [2.45, 2.75) is 0 Å². The standard InChI is InChI=1S/C6H5BIN/c7-4-1-2-6(9)5(8)3-4/h1-3H,9H2. The Bertz CT molecular complexity index is 224. The zero-order chi connectivity index (χ0) is 6.85. The van der Waals surface area contributed by atoms with E-state index in [0.29, 0.717) is 0 Å². The predicted octanol–water partition coefficient (Wildman–Crippen LogP) is 0.667. The Hall–Kier alpha value is -0.185. The lowest BCUT2D eigenvalue weighted by Gasteiger charge is -1.97. The van der Waals surface area contributed by atoms with Gasteiger partial charge in [0.2, 0.25) is 0 Å². The van der Waals surface area contributed by atoms with E-state index in [-0.39, 0.29) is 0 Å². The van der Waals surface area contributed by atoms with E-state index in [1.54, 1.807) is 12.1 Å². The van der Waals surface area contributed by atoms with Gasteiger partial charge in [0, 0.05) is 9.26 Å². The third-order valence-electron chi connectivity index (χ3n) is 1.02. The predicted molar refractivity (Wildman–Crippen MR) is 49.0 cm³/mol. The van der Waals surface area contributed by atoms with Gasteiger partial charge < -0.3 is 5.73 Å². The average molecular weight is 229 g/mol. The van der Waals surface area contributed by atoms with Gasteiger partial charge >= 0.3 is 0 Å². The van der Waals surface area contributed by atoms with E-state index in [2.05, 4.69) is 22.6 Å². The summed E-state index contributed by atoms with van der Waals surface area (Å²) in [4.78, 5) is 0. The Labute approximate surface area is 69.2 Å². The number of rotatable bonds is 0. The van der Waals surface area contributed by atoms with Crippen LogP contribution in [0.15, 0.2) is 18.2 Å². The summed E-state index contributed by atoms with van der Waals surface area (Å²) in [5.41, 5.74) is 7.07. The Morgan fingerprint density at radius 1 is 1.44 bits per heavy atom. The van der Waals surface area contributed by atoms with Crippen LogP contribution in [-0.4, -0.2) is 7.85 Å². The van der Waals surface area contributed by atoms with Crippen LogP contribution in [0.5, 0.6) is 0 Å². The van der Waals surface area contributed by atoms with Gasteiger partial charge in [0.25, 0.3) is 0 Å². The zero-order valence-corrected chi connectivity index (χ0v) is 6.92. The maximum absolute atomic E-state index is 5.53. The van der Waals surface area contributed by atoms with Crippen LogP contribution in [0.25, 0.3) is 0 Å². The van der Waals surface area contributed by atoms with Gasteiger partial charge in [0.15, 0.2) is 0 Å². The minimum absolute atomic E-state index is 0.758. The molecule has 0 aliphatic carbocycles. The fourth-order valence-corrected chi connectivity index (χ4v) is 1.08. The highest BCUT2D eigenvalue weighted by atomic mass is 127. The fraction of sp³-hybridized carbons (Fsp3) is 0. The summed E-state index contributed by atoms with van der Waals surface area (Å²) < 4.78 is 1.01. The highest BCUT2D eigenvalue weighted by Crippen LogP contribution is 2.10. The van der Waals surface area contributed by atoms with Gasteiger partial charge in [0.05, 0.1) is 0 Å². The lowest BCUT2D eigenvalue weighted by atomic mass is 9.96. The lowest BCUT2D eigenvalue weighted by molar-refractivity contribution is 1.67. The second-order valence-electron chi connectivity index (χ2n) is 1.78. The molecule has 1 aromatic carbocycles. The molecule has 0 atom stereocenters. The van der Waals surface area contributed by atoms with Crippen LogP contribution in [-0.2, 0) is 0 Å². The van der Waals surface area contributed by atoms with Crippen molar-refractivity contribution in [1.82, 2.24) is 0 Å². The van der Waals surface area contributed by atoms with Gasteiger partial charge in [-0.05, 0) is 28.7 Å². The largest absolute Gasteiger partial charge is 0.398 e. The van der Waals surface area contributed by atoms with E-state index >= 15 is 0 Å². The molecule has 0 aromatic heterocycles. The molecule has 0 amide bonds. The summed E-state index contributed by atoms with van der Waals surface area (Å²) in [6, 6.07) is 5.44. The number of nitrogens with two attached hydrogens (primary N) is 1. The molecule has 44 valence electrons. The molecular formula is C6H5BIN. The molecule has 9 heavy (non-hydrogen) atoms. The van der Waals surface area contributed by atoms with Gasteiger partial charge in [-0.2, -0.15) is 0 Å². The third kappa shape index (κ3) is 1.61. The van der Waals surface area contributed by atoms with Crippen molar-refractivity contribution in [3.8, 4) is 0 Å². The van der Waals surface area contributed by atoms with E-state index in [0.717, 1.165) is 14.7 Å². The minimum atomic E-state index is 0.758. The van der Waals surface area contributed by atoms with Crippen LogP contribution < -0.4 is 11.2 Å². The maximum Gasteiger partial charge on any atom is 0.113 e. The SMILES string of the molecule is [B]c1ccc(N)c(I)c1. The van der Waals surface area contributed by atoms with Gasteiger partial charge in [-0.15, -0.1) is 0 Å². The molecule has 0 saturated carbocycles. The van der Waals surface area contributed by atoms with Gasteiger partial charge in [-0.1, -0.05) is 17.6 Å². The Morgan fingerprint density at radius 2 is 2.11 bits per heavy atom. The van der Waals surface area contributed by atoms with Crippen LogP contribution >= 0.6 is 22.6 Å². The number of hydrogen-bond donors (Lipinski definition) is 1. The molecule has 0 spiro atoms.